The fraction of sp³-hybridized carbons (Fsp3) is 0.667. The van der Waals surface area contributed by atoms with Crippen molar-refractivity contribution in [3.63, 3.8) is 0 Å². The Morgan fingerprint density at radius 2 is 2.44 bits per heavy atom. The highest BCUT2D eigenvalue weighted by Crippen LogP contribution is 1.90. The fourth-order valence-electron chi connectivity index (χ4n) is 0.311. The average molecular weight is 194 g/mol. The highest BCUT2D eigenvalue weighted by Gasteiger charge is 1.95. The highest BCUT2D eigenvalue weighted by atomic mass is 79.9. The molecule has 0 saturated carbocycles. The molecular weight excluding hydrogens is 184 g/mol. The van der Waals surface area contributed by atoms with E-state index < -0.39 is 0 Å². The number of halogens is 1. The van der Waals surface area contributed by atoms with Crippen LogP contribution in [-0.2, 0) is 9.53 Å². The van der Waals surface area contributed by atoms with Gasteiger partial charge in [0.05, 0.1) is 13.0 Å². The summed E-state index contributed by atoms with van der Waals surface area (Å²) in [4.78, 5) is 10.4. The van der Waals surface area contributed by atoms with Gasteiger partial charge in [-0.3, -0.25) is 4.79 Å². The lowest BCUT2D eigenvalue weighted by molar-refractivity contribution is -0.139. The van der Waals surface area contributed by atoms with Crippen molar-refractivity contribution in [3.8, 4) is 0 Å². The van der Waals surface area contributed by atoms with E-state index in [1.807, 2.05) is 0 Å². The van der Waals surface area contributed by atoms with Gasteiger partial charge >= 0.3 is 5.97 Å². The fourth-order valence-corrected chi connectivity index (χ4v) is 0.540. The summed E-state index contributed by atoms with van der Waals surface area (Å²) >= 11 is 3.22. The molecule has 0 unspecified atom stereocenters. The number of hydrogen-bond acceptors (Lipinski definition) is 2. The first kappa shape index (κ1) is 8.95. The van der Waals surface area contributed by atoms with Gasteiger partial charge in [-0.15, -0.1) is 0 Å². The molecule has 0 amide bonds. The molecule has 0 aromatic rings. The lowest BCUT2D eigenvalue weighted by Gasteiger charge is -1.98. The molecule has 0 fully saturated rings. The van der Waals surface area contributed by atoms with Gasteiger partial charge in [-0.2, -0.15) is 0 Å². The van der Waals surface area contributed by atoms with Crippen molar-refractivity contribution in [3.05, 3.63) is 6.42 Å². The van der Waals surface area contributed by atoms with Gasteiger partial charge in [0.25, 0.3) is 0 Å². The van der Waals surface area contributed by atoms with E-state index in [2.05, 4.69) is 15.9 Å². The third-order valence-corrected chi connectivity index (χ3v) is 1.32. The maximum Gasteiger partial charge on any atom is 0.309 e. The van der Waals surface area contributed by atoms with Crippen LogP contribution in [0.2, 0.25) is 0 Å². The molecule has 0 atom stereocenters. The van der Waals surface area contributed by atoms with Crippen molar-refractivity contribution in [1.29, 1.82) is 0 Å². The molecule has 0 rings (SSSR count). The Morgan fingerprint density at radius 1 is 1.78 bits per heavy atom. The molecule has 0 aromatic carbocycles. The van der Waals surface area contributed by atoms with Crippen LogP contribution in [0.1, 0.15) is 13.3 Å². The van der Waals surface area contributed by atoms with E-state index in [0.29, 0.717) is 6.61 Å². The molecule has 0 saturated heterocycles. The minimum Gasteiger partial charge on any atom is -0.465 e. The molecule has 0 heterocycles. The van der Waals surface area contributed by atoms with Gasteiger partial charge in [-0.1, -0.05) is 22.9 Å². The van der Waals surface area contributed by atoms with E-state index in [1.54, 1.807) is 6.92 Å². The van der Waals surface area contributed by atoms with Crippen LogP contribution in [0.25, 0.3) is 0 Å². The molecule has 0 aromatic heterocycles. The van der Waals surface area contributed by atoms with Crippen LogP contribution in [0.4, 0.5) is 0 Å². The van der Waals surface area contributed by atoms with Crippen molar-refractivity contribution in [2.75, 3.05) is 11.9 Å². The third-order valence-electron chi connectivity index (χ3n) is 0.758. The molecule has 0 aliphatic rings. The molecule has 0 aliphatic heterocycles. The van der Waals surface area contributed by atoms with Crippen molar-refractivity contribution < 1.29 is 9.53 Å². The Balaban J connectivity index is 2.97. The molecular formula is C6H10BrO2. The van der Waals surface area contributed by atoms with Crippen molar-refractivity contribution >= 4 is 21.9 Å². The first-order chi connectivity index (χ1) is 4.31. The Labute approximate surface area is 63.7 Å². The number of carbonyl (C=O) groups is 1. The van der Waals surface area contributed by atoms with Crippen LogP contribution in [0.15, 0.2) is 0 Å². The predicted molar refractivity (Wildman–Crippen MR) is 39.3 cm³/mol. The van der Waals surface area contributed by atoms with E-state index >= 15 is 0 Å². The van der Waals surface area contributed by atoms with Gasteiger partial charge in [0.2, 0.25) is 0 Å². The van der Waals surface area contributed by atoms with Gasteiger partial charge in [-0.05, 0) is 6.42 Å². The molecule has 0 bridgehead atoms. The number of esters is 1. The first-order valence-corrected chi connectivity index (χ1v) is 3.95. The largest absolute Gasteiger partial charge is 0.465 e. The quantitative estimate of drug-likeness (QED) is 0.385. The normalized spacial score (nSPS) is 9.11. The van der Waals surface area contributed by atoms with Crippen LogP contribution in [0, 0.1) is 6.42 Å². The topological polar surface area (TPSA) is 26.3 Å². The Kier molecular flexibility index (Phi) is 6.04. The van der Waals surface area contributed by atoms with Gasteiger partial charge in [0.15, 0.2) is 0 Å². The molecule has 0 aliphatic carbocycles. The van der Waals surface area contributed by atoms with Crippen LogP contribution >= 0.6 is 15.9 Å². The summed E-state index contributed by atoms with van der Waals surface area (Å²) in [6, 6.07) is 0. The lowest BCUT2D eigenvalue weighted by Crippen LogP contribution is -2.04. The standard InChI is InChI=1S/C6H10BrO2/c1-2-6(8)9-5-3-4-7/h2H,3-5H2,1H3. The second-order valence-electron chi connectivity index (χ2n) is 1.50. The maximum atomic E-state index is 10.4. The molecule has 53 valence electrons. The number of hydrogen-bond donors (Lipinski definition) is 0. The summed E-state index contributed by atoms with van der Waals surface area (Å²) in [6.07, 6.45) is 2.29. The first-order valence-electron chi connectivity index (χ1n) is 2.83. The van der Waals surface area contributed by atoms with Gasteiger partial charge in [0.1, 0.15) is 0 Å². The van der Waals surface area contributed by atoms with Gasteiger partial charge in [0, 0.05) is 5.33 Å². The smallest absolute Gasteiger partial charge is 0.309 e. The highest BCUT2D eigenvalue weighted by molar-refractivity contribution is 9.09. The number of carbonyl (C=O) groups excluding carboxylic acids is 1. The second kappa shape index (κ2) is 6.08. The summed E-state index contributed by atoms with van der Waals surface area (Å²) in [6.45, 7) is 2.17. The van der Waals surface area contributed by atoms with Crippen molar-refractivity contribution in [1.82, 2.24) is 0 Å². The molecule has 0 spiro atoms. The van der Waals surface area contributed by atoms with E-state index in [-0.39, 0.29) is 5.97 Å². The molecule has 2 nitrogen and oxygen atoms in total. The molecule has 1 radical (unpaired) electrons. The lowest BCUT2D eigenvalue weighted by atomic mass is 10.5. The van der Waals surface area contributed by atoms with E-state index in [4.69, 9.17) is 4.74 Å². The van der Waals surface area contributed by atoms with Crippen molar-refractivity contribution in [2.24, 2.45) is 0 Å². The molecule has 0 N–H and O–H groups in total. The van der Waals surface area contributed by atoms with Crippen LogP contribution < -0.4 is 0 Å². The van der Waals surface area contributed by atoms with Crippen LogP contribution in [0.3, 0.4) is 0 Å². The van der Waals surface area contributed by atoms with E-state index in [1.165, 1.54) is 6.42 Å². The zero-order chi connectivity index (χ0) is 7.11. The Morgan fingerprint density at radius 3 is 2.89 bits per heavy atom. The minimum atomic E-state index is -0.240. The van der Waals surface area contributed by atoms with E-state index in [0.717, 1.165) is 11.8 Å². The summed E-state index contributed by atoms with van der Waals surface area (Å²) < 4.78 is 4.71. The van der Waals surface area contributed by atoms with Gasteiger partial charge < -0.3 is 4.74 Å². The van der Waals surface area contributed by atoms with Gasteiger partial charge in [-0.25, -0.2) is 0 Å². The predicted octanol–water partition coefficient (Wildman–Crippen LogP) is 1.54. The molecule has 3 heteroatoms. The summed E-state index contributed by atoms with van der Waals surface area (Å²) in [5.74, 6) is -0.240. The number of alkyl halides is 1. The SMILES string of the molecule is C[CH]C(=O)OCCCBr. The second-order valence-corrected chi connectivity index (χ2v) is 2.29. The van der Waals surface area contributed by atoms with Crippen LogP contribution in [0.5, 0.6) is 0 Å². The zero-order valence-electron chi connectivity index (χ0n) is 5.39. The van der Waals surface area contributed by atoms with Crippen LogP contribution in [-0.4, -0.2) is 17.9 Å². The summed E-state index contributed by atoms with van der Waals surface area (Å²) in [5.41, 5.74) is 0. The Hall–Kier alpha value is -0.0500. The summed E-state index contributed by atoms with van der Waals surface area (Å²) in [5, 5.41) is 0.879. The maximum absolute atomic E-state index is 10.4. The number of rotatable bonds is 4. The molecule has 9 heavy (non-hydrogen) atoms. The third kappa shape index (κ3) is 5.83. The average Bonchev–Trinajstić information content (AvgIpc) is 1.89. The van der Waals surface area contributed by atoms with Crippen molar-refractivity contribution in [2.45, 2.75) is 13.3 Å². The number of ether oxygens (including phenoxy) is 1. The van der Waals surface area contributed by atoms with E-state index in [9.17, 15) is 4.79 Å². The monoisotopic (exact) mass is 193 g/mol. The Bertz CT molecular complexity index is 83.1. The minimum absolute atomic E-state index is 0.240. The summed E-state index contributed by atoms with van der Waals surface area (Å²) in [7, 11) is 0. The zero-order valence-corrected chi connectivity index (χ0v) is 6.98.